The lowest BCUT2D eigenvalue weighted by Crippen LogP contribution is -2.31. The van der Waals surface area contributed by atoms with Crippen LogP contribution in [0.5, 0.6) is 0 Å². The molecule has 1 aromatic carbocycles. The summed E-state index contributed by atoms with van der Waals surface area (Å²) in [6.07, 6.45) is 0.848. The Bertz CT molecular complexity index is 382. The van der Waals surface area contributed by atoms with Crippen LogP contribution in [0.15, 0.2) is 22.7 Å². The number of halogens is 2. The molecular formula is C13H19BrFNO. The van der Waals surface area contributed by atoms with Crippen molar-refractivity contribution < 1.29 is 9.13 Å². The van der Waals surface area contributed by atoms with Gasteiger partial charge in [-0.2, -0.15) is 0 Å². The third kappa shape index (κ3) is 4.64. The maximum Gasteiger partial charge on any atom is 0.139 e. The molecular weight excluding hydrogens is 285 g/mol. The van der Waals surface area contributed by atoms with Crippen LogP contribution in [0.1, 0.15) is 27.2 Å². The van der Waals surface area contributed by atoms with E-state index in [2.05, 4.69) is 28.2 Å². The first-order valence-corrected chi connectivity index (χ1v) is 6.40. The van der Waals surface area contributed by atoms with Crippen LogP contribution in [0.2, 0.25) is 0 Å². The van der Waals surface area contributed by atoms with Crippen LogP contribution >= 0.6 is 15.9 Å². The van der Waals surface area contributed by atoms with Crippen molar-refractivity contribution in [3.8, 4) is 0 Å². The molecule has 0 aliphatic rings. The zero-order chi connectivity index (χ0) is 13.1. The van der Waals surface area contributed by atoms with Crippen LogP contribution in [0.25, 0.3) is 0 Å². The highest BCUT2D eigenvalue weighted by Crippen LogP contribution is 2.22. The highest BCUT2D eigenvalue weighted by atomic mass is 79.9. The van der Waals surface area contributed by atoms with Crippen LogP contribution < -0.4 is 5.32 Å². The Morgan fingerprint density at radius 1 is 1.47 bits per heavy atom. The van der Waals surface area contributed by atoms with Gasteiger partial charge in [0.1, 0.15) is 5.82 Å². The molecule has 0 saturated carbocycles. The van der Waals surface area contributed by atoms with Gasteiger partial charge in [-0.3, -0.25) is 0 Å². The molecule has 0 heterocycles. The number of anilines is 1. The summed E-state index contributed by atoms with van der Waals surface area (Å²) in [6.45, 7) is 6.13. The second kappa shape index (κ2) is 5.83. The molecule has 0 amide bonds. The van der Waals surface area contributed by atoms with Gasteiger partial charge in [0.25, 0.3) is 0 Å². The molecule has 1 atom stereocenters. The summed E-state index contributed by atoms with van der Waals surface area (Å²) in [4.78, 5) is 0. The van der Waals surface area contributed by atoms with E-state index in [0.29, 0.717) is 4.47 Å². The second-order valence-corrected chi connectivity index (χ2v) is 5.70. The molecule has 1 N–H and O–H groups in total. The lowest BCUT2D eigenvalue weighted by molar-refractivity contribution is 0.0128. The summed E-state index contributed by atoms with van der Waals surface area (Å²) >= 11 is 3.13. The molecule has 0 aliphatic heterocycles. The molecule has 0 radical (unpaired) electrons. The quantitative estimate of drug-likeness (QED) is 0.880. The van der Waals surface area contributed by atoms with E-state index in [1.807, 2.05) is 19.9 Å². The predicted octanol–water partition coefficient (Wildman–Crippen LogP) is 4.20. The summed E-state index contributed by atoms with van der Waals surface area (Å²) in [7, 11) is 1.70. The normalized spacial score (nSPS) is 13.5. The van der Waals surface area contributed by atoms with E-state index < -0.39 is 0 Å². The topological polar surface area (TPSA) is 21.3 Å². The van der Waals surface area contributed by atoms with Gasteiger partial charge in [0.15, 0.2) is 0 Å². The Labute approximate surface area is 111 Å². The molecule has 1 aromatic rings. The fraction of sp³-hybridized carbons (Fsp3) is 0.538. The molecule has 1 rings (SSSR count). The minimum absolute atomic E-state index is 0.180. The van der Waals surface area contributed by atoms with Crippen LogP contribution in [0.4, 0.5) is 10.1 Å². The Morgan fingerprint density at radius 2 is 2.12 bits per heavy atom. The molecule has 1 unspecified atom stereocenters. The SMILES string of the molecule is COC(C)(C)CC(C)Nc1ccc(Br)c(F)c1. The predicted molar refractivity (Wildman–Crippen MR) is 72.9 cm³/mol. The minimum atomic E-state index is -0.256. The van der Waals surface area contributed by atoms with Gasteiger partial charge >= 0.3 is 0 Å². The number of hydrogen-bond donors (Lipinski definition) is 1. The summed E-state index contributed by atoms with van der Waals surface area (Å²) in [5.41, 5.74) is 0.602. The molecule has 0 aromatic heterocycles. The average molecular weight is 304 g/mol. The average Bonchev–Trinajstić information content (AvgIpc) is 2.23. The molecule has 2 nitrogen and oxygen atoms in total. The number of benzene rings is 1. The van der Waals surface area contributed by atoms with Gasteiger partial charge in [0.2, 0.25) is 0 Å². The van der Waals surface area contributed by atoms with Gasteiger partial charge in [0, 0.05) is 18.8 Å². The molecule has 0 saturated heterocycles. The Balaban J connectivity index is 2.62. The number of rotatable bonds is 5. The highest BCUT2D eigenvalue weighted by molar-refractivity contribution is 9.10. The van der Waals surface area contributed by atoms with Crippen molar-refractivity contribution in [2.45, 2.75) is 38.8 Å². The Hall–Kier alpha value is -0.610. The van der Waals surface area contributed by atoms with Crippen molar-refractivity contribution in [3.63, 3.8) is 0 Å². The van der Waals surface area contributed by atoms with E-state index in [-0.39, 0.29) is 17.5 Å². The lowest BCUT2D eigenvalue weighted by atomic mass is 10.00. The molecule has 4 heteroatoms. The van der Waals surface area contributed by atoms with Crippen molar-refractivity contribution in [3.05, 3.63) is 28.5 Å². The second-order valence-electron chi connectivity index (χ2n) is 4.84. The maximum atomic E-state index is 13.3. The van der Waals surface area contributed by atoms with Gasteiger partial charge in [-0.15, -0.1) is 0 Å². The van der Waals surface area contributed by atoms with E-state index in [0.717, 1.165) is 12.1 Å². The fourth-order valence-electron chi connectivity index (χ4n) is 1.74. The number of hydrogen-bond acceptors (Lipinski definition) is 2. The van der Waals surface area contributed by atoms with Crippen molar-refractivity contribution in [2.24, 2.45) is 0 Å². The monoisotopic (exact) mass is 303 g/mol. The standard InChI is InChI=1S/C13H19BrFNO/c1-9(8-13(2,3)17-4)16-10-5-6-11(14)12(15)7-10/h5-7,9,16H,8H2,1-4H3. The number of nitrogens with one attached hydrogen (secondary N) is 1. The number of ether oxygens (including phenoxy) is 1. The molecule has 17 heavy (non-hydrogen) atoms. The highest BCUT2D eigenvalue weighted by Gasteiger charge is 2.20. The van der Waals surface area contributed by atoms with Crippen molar-refractivity contribution in [1.82, 2.24) is 0 Å². The fourth-order valence-corrected chi connectivity index (χ4v) is 1.99. The summed E-state index contributed by atoms with van der Waals surface area (Å²) < 4.78 is 19.2. The third-order valence-electron chi connectivity index (χ3n) is 2.68. The smallest absolute Gasteiger partial charge is 0.139 e. The van der Waals surface area contributed by atoms with Gasteiger partial charge in [-0.25, -0.2) is 4.39 Å². The first-order chi connectivity index (χ1) is 7.84. The van der Waals surface area contributed by atoms with Gasteiger partial charge < -0.3 is 10.1 Å². The van der Waals surface area contributed by atoms with E-state index in [1.54, 1.807) is 13.2 Å². The molecule has 96 valence electrons. The van der Waals surface area contributed by atoms with Crippen LogP contribution in [0.3, 0.4) is 0 Å². The van der Waals surface area contributed by atoms with Gasteiger partial charge in [-0.05, 0) is 61.3 Å². The van der Waals surface area contributed by atoms with E-state index in [9.17, 15) is 4.39 Å². The summed E-state index contributed by atoms with van der Waals surface area (Å²) in [5.74, 6) is -0.256. The third-order valence-corrected chi connectivity index (χ3v) is 3.33. The summed E-state index contributed by atoms with van der Waals surface area (Å²) in [5, 5.41) is 3.26. The number of methoxy groups -OCH3 is 1. The Kier molecular flexibility index (Phi) is 4.95. The molecule has 0 spiro atoms. The summed E-state index contributed by atoms with van der Waals surface area (Å²) in [6, 6.07) is 5.25. The van der Waals surface area contributed by atoms with Crippen LogP contribution in [-0.4, -0.2) is 18.8 Å². The molecule has 0 fully saturated rings. The van der Waals surface area contributed by atoms with Crippen molar-refractivity contribution in [1.29, 1.82) is 0 Å². The van der Waals surface area contributed by atoms with Crippen molar-refractivity contribution >= 4 is 21.6 Å². The van der Waals surface area contributed by atoms with Gasteiger partial charge in [0.05, 0.1) is 10.1 Å². The molecule has 0 aliphatic carbocycles. The van der Waals surface area contributed by atoms with Gasteiger partial charge in [-0.1, -0.05) is 0 Å². The molecule has 0 bridgehead atoms. The van der Waals surface area contributed by atoms with E-state index >= 15 is 0 Å². The first-order valence-electron chi connectivity index (χ1n) is 5.61. The first kappa shape index (κ1) is 14.5. The van der Waals surface area contributed by atoms with Crippen LogP contribution in [-0.2, 0) is 4.74 Å². The lowest BCUT2D eigenvalue weighted by Gasteiger charge is -2.27. The zero-order valence-corrected chi connectivity index (χ0v) is 12.3. The van der Waals surface area contributed by atoms with E-state index in [1.165, 1.54) is 6.07 Å². The Morgan fingerprint density at radius 3 is 2.65 bits per heavy atom. The van der Waals surface area contributed by atoms with Crippen LogP contribution in [0, 0.1) is 5.82 Å². The van der Waals surface area contributed by atoms with E-state index in [4.69, 9.17) is 4.74 Å². The largest absolute Gasteiger partial charge is 0.382 e. The maximum absolute atomic E-state index is 13.3. The zero-order valence-electron chi connectivity index (χ0n) is 10.7. The van der Waals surface area contributed by atoms with Crippen molar-refractivity contribution in [2.75, 3.05) is 12.4 Å². The minimum Gasteiger partial charge on any atom is -0.382 e.